The van der Waals surface area contributed by atoms with Gasteiger partial charge in [-0.15, -0.1) is 0 Å². The van der Waals surface area contributed by atoms with Crippen LogP contribution in [0.5, 0.6) is 0 Å². The average molecular weight is 269 g/mol. The van der Waals surface area contributed by atoms with Crippen molar-refractivity contribution in [2.75, 3.05) is 0 Å². The summed E-state index contributed by atoms with van der Waals surface area (Å²) in [6.45, 7) is 0. The smallest absolute Gasteiger partial charge is 0.195 e. The second-order valence-corrected chi connectivity index (χ2v) is 4.47. The van der Waals surface area contributed by atoms with E-state index in [2.05, 4.69) is 9.97 Å². The normalized spacial score (nSPS) is 10.6. The highest BCUT2D eigenvalue weighted by Gasteiger charge is 2.15. The predicted molar refractivity (Wildman–Crippen MR) is 74.4 cm³/mol. The number of rotatable bonds is 2. The molecular formula is C15H9ClN2O. The van der Waals surface area contributed by atoms with Crippen molar-refractivity contribution in [2.24, 2.45) is 0 Å². The minimum atomic E-state index is -0.119. The van der Waals surface area contributed by atoms with Crippen LogP contribution in [-0.2, 0) is 0 Å². The molecule has 0 bridgehead atoms. The lowest BCUT2D eigenvalue weighted by molar-refractivity contribution is 0.104. The first kappa shape index (κ1) is 11.8. The van der Waals surface area contributed by atoms with Crippen molar-refractivity contribution in [3.63, 3.8) is 0 Å². The predicted octanol–water partition coefficient (Wildman–Crippen LogP) is 3.51. The zero-order valence-corrected chi connectivity index (χ0v) is 10.6. The molecule has 3 aromatic rings. The SMILES string of the molecule is O=C(c1ccncc1Cl)c1cccc2ncccc12. The second kappa shape index (κ2) is 4.78. The molecule has 4 heteroatoms. The van der Waals surface area contributed by atoms with Crippen LogP contribution >= 0.6 is 11.6 Å². The van der Waals surface area contributed by atoms with Crippen LogP contribution < -0.4 is 0 Å². The molecule has 0 spiro atoms. The number of carbonyl (C=O) groups is 1. The molecule has 0 aliphatic heterocycles. The number of halogens is 1. The van der Waals surface area contributed by atoms with Gasteiger partial charge in [-0.3, -0.25) is 14.8 Å². The minimum absolute atomic E-state index is 0.119. The first-order valence-corrected chi connectivity index (χ1v) is 6.13. The summed E-state index contributed by atoms with van der Waals surface area (Å²) in [5, 5.41) is 1.18. The molecule has 0 fully saturated rings. The lowest BCUT2D eigenvalue weighted by Crippen LogP contribution is -2.03. The third-order valence-electron chi connectivity index (χ3n) is 2.91. The number of aromatic nitrogens is 2. The maximum Gasteiger partial charge on any atom is 0.195 e. The summed E-state index contributed by atoms with van der Waals surface area (Å²) in [6.07, 6.45) is 4.73. The Morgan fingerprint density at radius 2 is 1.89 bits per heavy atom. The van der Waals surface area contributed by atoms with Gasteiger partial charge in [0.15, 0.2) is 5.78 Å². The summed E-state index contributed by atoms with van der Waals surface area (Å²) >= 11 is 6.02. The molecule has 0 saturated heterocycles. The molecule has 0 N–H and O–H groups in total. The Bertz CT molecular complexity index is 765. The Morgan fingerprint density at radius 3 is 2.74 bits per heavy atom. The number of hydrogen-bond donors (Lipinski definition) is 0. The van der Waals surface area contributed by atoms with Gasteiger partial charge in [0, 0.05) is 35.1 Å². The van der Waals surface area contributed by atoms with Crippen LogP contribution in [0.2, 0.25) is 5.02 Å². The van der Waals surface area contributed by atoms with Gasteiger partial charge in [0.25, 0.3) is 0 Å². The van der Waals surface area contributed by atoms with Crippen molar-refractivity contribution in [3.05, 3.63) is 71.1 Å². The third-order valence-corrected chi connectivity index (χ3v) is 3.21. The molecule has 0 radical (unpaired) electrons. The fourth-order valence-corrected chi connectivity index (χ4v) is 2.21. The molecule has 0 aliphatic carbocycles. The van der Waals surface area contributed by atoms with E-state index in [0.29, 0.717) is 16.1 Å². The van der Waals surface area contributed by atoms with E-state index in [9.17, 15) is 4.79 Å². The molecule has 2 aromatic heterocycles. The Labute approximate surface area is 114 Å². The van der Waals surface area contributed by atoms with Gasteiger partial charge < -0.3 is 0 Å². The standard InChI is InChI=1S/C15H9ClN2O/c16-13-9-17-8-6-12(13)15(19)11-3-1-5-14-10(11)4-2-7-18-14/h1-9H. The van der Waals surface area contributed by atoms with Gasteiger partial charge >= 0.3 is 0 Å². The van der Waals surface area contributed by atoms with Gasteiger partial charge in [-0.25, -0.2) is 0 Å². The van der Waals surface area contributed by atoms with Gasteiger partial charge in [0.1, 0.15) is 0 Å². The van der Waals surface area contributed by atoms with Crippen LogP contribution in [0.25, 0.3) is 10.9 Å². The zero-order valence-electron chi connectivity index (χ0n) is 9.88. The average Bonchev–Trinajstić information content (AvgIpc) is 2.46. The molecule has 3 rings (SSSR count). The van der Waals surface area contributed by atoms with Crippen molar-refractivity contribution >= 4 is 28.3 Å². The third kappa shape index (κ3) is 2.09. The molecule has 0 amide bonds. The number of carbonyl (C=O) groups excluding carboxylic acids is 1. The van der Waals surface area contributed by atoms with Gasteiger partial charge in [0.2, 0.25) is 0 Å². The van der Waals surface area contributed by atoms with E-state index >= 15 is 0 Å². The highest BCUT2D eigenvalue weighted by molar-refractivity contribution is 6.35. The van der Waals surface area contributed by atoms with Crippen molar-refractivity contribution in [3.8, 4) is 0 Å². The van der Waals surface area contributed by atoms with Crippen molar-refractivity contribution in [1.82, 2.24) is 9.97 Å². The number of nitrogens with zero attached hydrogens (tertiary/aromatic N) is 2. The number of benzene rings is 1. The number of hydrogen-bond acceptors (Lipinski definition) is 3. The van der Waals surface area contributed by atoms with E-state index in [-0.39, 0.29) is 5.78 Å². The van der Waals surface area contributed by atoms with E-state index in [1.54, 1.807) is 24.5 Å². The summed E-state index contributed by atoms with van der Waals surface area (Å²) in [5.41, 5.74) is 1.84. The number of pyridine rings is 2. The molecule has 19 heavy (non-hydrogen) atoms. The fraction of sp³-hybridized carbons (Fsp3) is 0. The van der Waals surface area contributed by atoms with Gasteiger partial charge in [-0.05, 0) is 18.2 Å². The Morgan fingerprint density at radius 1 is 1.00 bits per heavy atom. The van der Waals surface area contributed by atoms with Crippen LogP contribution in [0.4, 0.5) is 0 Å². The van der Waals surface area contributed by atoms with E-state index in [1.807, 2.05) is 24.3 Å². The fourth-order valence-electron chi connectivity index (χ4n) is 2.01. The lowest BCUT2D eigenvalue weighted by Gasteiger charge is -2.06. The molecule has 0 saturated carbocycles. The molecule has 0 unspecified atom stereocenters. The van der Waals surface area contributed by atoms with Crippen LogP contribution in [0, 0.1) is 0 Å². The quantitative estimate of drug-likeness (QED) is 0.668. The number of ketones is 1. The lowest BCUT2D eigenvalue weighted by atomic mass is 10.00. The second-order valence-electron chi connectivity index (χ2n) is 4.06. The maximum atomic E-state index is 12.5. The molecule has 3 nitrogen and oxygen atoms in total. The Kier molecular flexibility index (Phi) is 2.97. The Hall–Kier alpha value is -2.26. The highest BCUT2D eigenvalue weighted by Crippen LogP contribution is 2.23. The van der Waals surface area contributed by atoms with Crippen LogP contribution in [0.15, 0.2) is 55.0 Å². The van der Waals surface area contributed by atoms with Crippen molar-refractivity contribution < 1.29 is 4.79 Å². The van der Waals surface area contributed by atoms with Gasteiger partial charge in [0.05, 0.1) is 10.5 Å². The number of fused-ring (bicyclic) bond motifs is 1. The maximum absolute atomic E-state index is 12.5. The van der Waals surface area contributed by atoms with Crippen LogP contribution in [0.3, 0.4) is 0 Å². The molecule has 92 valence electrons. The van der Waals surface area contributed by atoms with Gasteiger partial charge in [-0.1, -0.05) is 29.8 Å². The Balaban J connectivity index is 2.20. The summed E-state index contributed by atoms with van der Waals surface area (Å²) in [5.74, 6) is -0.119. The van der Waals surface area contributed by atoms with E-state index in [0.717, 1.165) is 10.9 Å². The van der Waals surface area contributed by atoms with Crippen LogP contribution in [0.1, 0.15) is 15.9 Å². The van der Waals surface area contributed by atoms with E-state index < -0.39 is 0 Å². The monoisotopic (exact) mass is 268 g/mol. The first-order valence-electron chi connectivity index (χ1n) is 5.75. The molecule has 0 aliphatic rings. The topological polar surface area (TPSA) is 42.9 Å². The molecule has 1 aromatic carbocycles. The van der Waals surface area contributed by atoms with E-state index in [4.69, 9.17) is 11.6 Å². The van der Waals surface area contributed by atoms with Crippen molar-refractivity contribution in [2.45, 2.75) is 0 Å². The summed E-state index contributed by atoms with van der Waals surface area (Å²) in [4.78, 5) is 20.7. The summed E-state index contributed by atoms with van der Waals surface area (Å²) in [6, 6.07) is 10.8. The van der Waals surface area contributed by atoms with Crippen LogP contribution in [-0.4, -0.2) is 15.8 Å². The highest BCUT2D eigenvalue weighted by atomic mass is 35.5. The summed E-state index contributed by atoms with van der Waals surface area (Å²) < 4.78 is 0. The molecular weight excluding hydrogens is 260 g/mol. The zero-order chi connectivity index (χ0) is 13.2. The largest absolute Gasteiger partial charge is 0.289 e. The first-order chi connectivity index (χ1) is 9.27. The molecule has 2 heterocycles. The van der Waals surface area contributed by atoms with Crippen molar-refractivity contribution in [1.29, 1.82) is 0 Å². The molecule has 0 atom stereocenters. The summed E-state index contributed by atoms with van der Waals surface area (Å²) in [7, 11) is 0. The van der Waals surface area contributed by atoms with E-state index in [1.165, 1.54) is 6.20 Å². The minimum Gasteiger partial charge on any atom is -0.289 e. The van der Waals surface area contributed by atoms with Gasteiger partial charge in [-0.2, -0.15) is 0 Å².